The second-order valence-electron chi connectivity index (χ2n) is 5.76. The number of carbonyl (C=O) groups is 1. The summed E-state index contributed by atoms with van der Waals surface area (Å²) in [5.74, 6) is 0.0541. The van der Waals surface area contributed by atoms with Crippen LogP contribution < -0.4 is 10.6 Å². The van der Waals surface area contributed by atoms with E-state index in [0.717, 1.165) is 25.1 Å². The standard InChI is InChI=1S/C19H22N2O/c1-2-14-7-9-16(10-8-14)21-19(22)13-18-17-6-4-3-5-15(17)11-12-20-18/h3-10,18,20H,2,11-13H2,1H3,(H,21,22). The number of hydrogen-bond acceptors (Lipinski definition) is 2. The first-order valence-electron chi connectivity index (χ1n) is 7.96. The Hall–Kier alpha value is -2.13. The van der Waals surface area contributed by atoms with E-state index >= 15 is 0 Å². The van der Waals surface area contributed by atoms with Crippen LogP contribution in [0.25, 0.3) is 0 Å². The molecule has 2 aromatic carbocycles. The van der Waals surface area contributed by atoms with Crippen LogP contribution in [0.3, 0.4) is 0 Å². The van der Waals surface area contributed by atoms with Crippen molar-refractivity contribution in [2.24, 2.45) is 0 Å². The van der Waals surface area contributed by atoms with Crippen molar-refractivity contribution < 1.29 is 4.79 Å². The normalized spacial score (nSPS) is 16.9. The van der Waals surface area contributed by atoms with Gasteiger partial charge in [0, 0.05) is 18.2 Å². The molecule has 2 aromatic rings. The molecule has 0 aromatic heterocycles. The first-order chi connectivity index (χ1) is 10.8. The zero-order valence-corrected chi connectivity index (χ0v) is 12.9. The molecule has 1 atom stereocenters. The highest BCUT2D eigenvalue weighted by Gasteiger charge is 2.21. The summed E-state index contributed by atoms with van der Waals surface area (Å²) in [6.45, 7) is 3.06. The van der Waals surface area contributed by atoms with Crippen molar-refractivity contribution in [3.63, 3.8) is 0 Å². The zero-order valence-electron chi connectivity index (χ0n) is 12.9. The number of anilines is 1. The van der Waals surface area contributed by atoms with Gasteiger partial charge in [-0.25, -0.2) is 0 Å². The summed E-state index contributed by atoms with van der Waals surface area (Å²) in [5, 5.41) is 6.44. The number of fused-ring (bicyclic) bond motifs is 1. The van der Waals surface area contributed by atoms with Gasteiger partial charge < -0.3 is 10.6 Å². The molecule has 1 unspecified atom stereocenters. The van der Waals surface area contributed by atoms with Crippen molar-refractivity contribution in [1.82, 2.24) is 5.32 Å². The molecule has 0 fully saturated rings. The predicted octanol–water partition coefficient (Wildman–Crippen LogP) is 3.46. The lowest BCUT2D eigenvalue weighted by molar-refractivity contribution is -0.116. The minimum Gasteiger partial charge on any atom is -0.326 e. The number of benzene rings is 2. The van der Waals surface area contributed by atoms with Gasteiger partial charge in [-0.05, 0) is 48.2 Å². The molecule has 0 saturated heterocycles. The summed E-state index contributed by atoms with van der Waals surface area (Å²) in [6, 6.07) is 16.6. The van der Waals surface area contributed by atoms with Gasteiger partial charge in [-0.3, -0.25) is 4.79 Å². The average molecular weight is 294 g/mol. The fraction of sp³-hybridized carbons (Fsp3) is 0.316. The highest BCUT2D eigenvalue weighted by Crippen LogP contribution is 2.25. The molecule has 0 saturated carbocycles. The van der Waals surface area contributed by atoms with Gasteiger partial charge in [0.1, 0.15) is 0 Å². The summed E-state index contributed by atoms with van der Waals surface area (Å²) >= 11 is 0. The lowest BCUT2D eigenvalue weighted by atomic mass is 9.92. The molecule has 1 amide bonds. The number of nitrogens with one attached hydrogen (secondary N) is 2. The Balaban J connectivity index is 1.65. The average Bonchev–Trinajstić information content (AvgIpc) is 2.56. The molecule has 22 heavy (non-hydrogen) atoms. The summed E-state index contributed by atoms with van der Waals surface area (Å²) in [6.07, 6.45) is 2.51. The van der Waals surface area contributed by atoms with Crippen LogP contribution in [0, 0.1) is 0 Å². The van der Waals surface area contributed by atoms with Gasteiger partial charge in [-0.2, -0.15) is 0 Å². The number of aryl methyl sites for hydroxylation is 1. The molecular weight excluding hydrogens is 272 g/mol. The van der Waals surface area contributed by atoms with Gasteiger partial charge in [0.25, 0.3) is 0 Å². The number of rotatable bonds is 4. The highest BCUT2D eigenvalue weighted by molar-refractivity contribution is 5.91. The number of amides is 1. The molecule has 2 N–H and O–H groups in total. The maximum Gasteiger partial charge on any atom is 0.226 e. The van der Waals surface area contributed by atoms with Crippen molar-refractivity contribution >= 4 is 11.6 Å². The van der Waals surface area contributed by atoms with E-state index in [0.29, 0.717) is 6.42 Å². The maximum atomic E-state index is 12.3. The summed E-state index contributed by atoms with van der Waals surface area (Å²) in [5.41, 5.74) is 4.75. The van der Waals surface area contributed by atoms with E-state index in [1.165, 1.54) is 16.7 Å². The largest absolute Gasteiger partial charge is 0.326 e. The second-order valence-corrected chi connectivity index (χ2v) is 5.76. The third kappa shape index (κ3) is 3.37. The Morgan fingerprint density at radius 2 is 1.95 bits per heavy atom. The molecule has 0 aliphatic carbocycles. The van der Waals surface area contributed by atoms with Crippen LogP contribution in [-0.2, 0) is 17.6 Å². The Morgan fingerprint density at radius 1 is 1.18 bits per heavy atom. The zero-order chi connectivity index (χ0) is 15.4. The van der Waals surface area contributed by atoms with Gasteiger partial charge in [0.15, 0.2) is 0 Å². The van der Waals surface area contributed by atoms with Crippen LogP contribution in [0.2, 0.25) is 0 Å². The van der Waals surface area contributed by atoms with E-state index in [9.17, 15) is 4.79 Å². The molecule has 1 aliphatic heterocycles. The van der Waals surface area contributed by atoms with Gasteiger partial charge in [0.2, 0.25) is 5.91 Å². The van der Waals surface area contributed by atoms with E-state index in [2.05, 4.69) is 47.9 Å². The minimum absolute atomic E-state index is 0.0541. The van der Waals surface area contributed by atoms with Crippen LogP contribution in [0.4, 0.5) is 5.69 Å². The first-order valence-corrected chi connectivity index (χ1v) is 7.96. The SMILES string of the molecule is CCc1ccc(NC(=O)CC2NCCc3ccccc32)cc1. The molecule has 1 aliphatic rings. The fourth-order valence-electron chi connectivity index (χ4n) is 3.00. The topological polar surface area (TPSA) is 41.1 Å². The summed E-state index contributed by atoms with van der Waals surface area (Å²) in [4.78, 5) is 12.3. The van der Waals surface area contributed by atoms with E-state index in [4.69, 9.17) is 0 Å². The molecule has 3 nitrogen and oxygen atoms in total. The number of carbonyl (C=O) groups excluding carboxylic acids is 1. The van der Waals surface area contributed by atoms with E-state index < -0.39 is 0 Å². The smallest absolute Gasteiger partial charge is 0.226 e. The minimum atomic E-state index is 0.0541. The third-order valence-electron chi connectivity index (χ3n) is 4.25. The van der Waals surface area contributed by atoms with Crippen molar-refractivity contribution in [2.75, 3.05) is 11.9 Å². The van der Waals surface area contributed by atoms with Crippen LogP contribution in [0.5, 0.6) is 0 Å². The molecule has 3 heteroatoms. The molecular formula is C19H22N2O. The summed E-state index contributed by atoms with van der Waals surface area (Å²) < 4.78 is 0. The van der Waals surface area contributed by atoms with Crippen LogP contribution in [0.15, 0.2) is 48.5 Å². The first kappa shape index (κ1) is 14.8. The highest BCUT2D eigenvalue weighted by atomic mass is 16.1. The lowest BCUT2D eigenvalue weighted by Crippen LogP contribution is -2.32. The van der Waals surface area contributed by atoms with Crippen molar-refractivity contribution in [1.29, 1.82) is 0 Å². The van der Waals surface area contributed by atoms with Crippen LogP contribution >= 0.6 is 0 Å². The second kappa shape index (κ2) is 6.75. The molecule has 0 bridgehead atoms. The molecule has 114 valence electrons. The lowest BCUT2D eigenvalue weighted by Gasteiger charge is -2.26. The van der Waals surface area contributed by atoms with Crippen LogP contribution in [0.1, 0.15) is 36.1 Å². The van der Waals surface area contributed by atoms with Gasteiger partial charge in [0.05, 0.1) is 0 Å². The molecule has 3 rings (SSSR count). The Morgan fingerprint density at radius 3 is 2.73 bits per heavy atom. The van der Waals surface area contributed by atoms with E-state index in [-0.39, 0.29) is 11.9 Å². The van der Waals surface area contributed by atoms with Gasteiger partial charge in [-0.15, -0.1) is 0 Å². The van der Waals surface area contributed by atoms with Gasteiger partial charge in [-0.1, -0.05) is 43.3 Å². The predicted molar refractivity (Wildman–Crippen MR) is 90.0 cm³/mol. The van der Waals surface area contributed by atoms with E-state index in [1.54, 1.807) is 0 Å². The molecule has 0 radical (unpaired) electrons. The Bertz CT molecular complexity index is 649. The van der Waals surface area contributed by atoms with Gasteiger partial charge >= 0.3 is 0 Å². The number of hydrogen-bond donors (Lipinski definition) is 2. The Kier molecular flexibility index (Phi) is 4.54. The van der Waals surface area contributed by atoms with Crippen LogP contribution in [-0.4, -0.2) is 12.5 Å². The Labute approximate surface area is 131 Å². The third-order valence-corrected chi connectivity index (χ3v) is 4.25. The van der Waals surface area contributed by atoms with Crippen molar-refractivity contribution in [3.8, 4) is 0 Å². The quantitative estimate of drug-likeness (QED) is 0.906. The molecule has 1 heterocycles. The van der Waals surface area contributed by atoms with Crippen molar-refractivity contribution in [3.05, 3.63) is 65.2 Å². The van der Waals surface area contributed by atoms with E-state index in [1.807, 2.05) is 18.2 Å². The fourth-order valence-corrected chi connectivity index (χ4v) is 3.00. The monoisotopic (exact) mass is 294 g/mol. The summed E-state index contributed by atoms with van der Waals surface area (Å²) in [7, 11) is 0. The maximum absolute atomic E-state index is 12.3. The van der Waals surface area contributed by atoms with Crippen molar-refractivity contribution in [2.45, 2.75) is 32.2 Å². The molecule has 0 spiro atoms.